The summed E-state index contributed by atoms with van der Waals surface area (Å²) in [6.45, 7) is 0. The first-order valence-corrected chi connectivity index (χ1v) is 5.91. The molecule has 0 radical (unpaired) electrons. The Morgan fingerprint density at radius 1 is 1.19 bits per heavy atom. The van der Waals surface area contributed by atoms with E-state index in [0.29, 0.717) is 12.1 Å². The van der Waals surface area contributed by atoms with Crippen LogP contribution in [0.5, 0.6) is 0 Å². The smallest absolute Gasteiger partial charge is 0.336 e. The SMILES string of the molecule is O=C(O)c1cc(F)c(F)cc1C(=O)Nc1cnccc1Cl. The van der Waals surface area contributed by atoms with Gasteiger partial charge in [0.1, 0.15) is 0 Å². The molecule has 0 saturated heterocycles. The van der Waals surface area contributed by atoms with Crippen LogP contribution < -0.4 is 5.32 Å². The molecule has 0 unspecified atom stereocenters. The van der Waals surface area contributed by atoms with Gasteiger partial charge in [0.25, 0.3) is 5.91 Å². The lowest BCUT2D eigenvalue weighted by atomic mass is 10.1. The molecular weight excluding hydrogens is 306 g/mol. The number of halogens is 3. The second-order valence-electron chi connectivity index (χ2n) is 3.93. The molecule has 0 atom stereocenters. The van der Waals surface area contributed by atoms with Crippen LogP contribution in [0.1, 0.15) is 20.7 Å². The number of carboxylic acids is 1. The van der Waals surface area contributed by atoms with Crippen LogP contribution >= 0.6 is 11.6 Å². The van der Waals surface area contributed by atoms with Gasteiger partial charge in [-0.05, 0) is 18.2 Å². The summed E-state index contributed by atoms with van der Waals surface area (Å²) in [5.41, 5.74) is -1.07. The molecule has 1 heterocycles. The highest BCUT2D eigenvalue weighted by Gasteiger charge is 2.21. The number of rotatable bonds is 3. The molecule has 0 bridgehead atoms. The second-order valence-corrected chi connectivity index (χ2v) is 4.33. The zero-order valence-corrected chi connectivity index (χ0v) is 11.0. The maximum absolute atomic E-state index is 13.2. The Morgan fingerprint density at radius 3 is 2.38 bits per heavy atom. The number of carboxylic acid groups (broad SMARTS) is 1. The second kappa shape index (κ2) is 5.84. The molecule has 0 saturated carbocycles. The van der Waals surface area contributed by atoms with Gasteiger partial charge < -0.3 is 10.4 Å². The Morgan fingerprint density at radius 2 is 1.81 bits per heavy atom. The van der Waals surface area contributed by atoms with Gasteiger partial charge in [-0.15, -0.1) is 0 Å². The summed E-state index contributed by atoms with van der Waals surface area (Å²) in [4.78, 5) is 26.7. The van der Waals surface area contributed by atoms with Gasteiger partial charge in [0, 0.05) is 6.20 Å². The van der Waals surface area contributed by atoms with Crippen molar-refractivity contribution in [1.82, 2.24) is 4.98 Å². The number of aromatic carboxylic acids is 1. The fourth-order valence-corrected chi connectivity index (χ4v) is 1.72. The minimum Gasteiger partial charge on any atom is -0.478 e. The summed E-state index contributed by atoms with van der Waals surface area (Å²) in [5, 5.41) is 11.4. The number of carbonyl (C=O) groups is 2. The average molecular weight is 313 g/mol. The molecule has 2 aromatic rings. The minimum atomic E-state index is -1.56. The maximum Gasteiger partial charge on any atom is 0.336 e. The number of pyridine rings is 1. The number of aromatic nitrogens is 1. The number of hydrogen-bond donors (Lipinski definition) is 2. The van der Waals surface area contributed by atoms with Crippen molar-refractivity contribution in [3.63, 3.8) is 0 Å². The Kier molecular flexibility index (Phi) is 4.13. The van der Waals surface area contributed by atoms with Crippen molar-refractivity contribution in [2.75, 3.05) is 5.32 Å². The normalized spacial score (nSPS) is 10.2. The largest absolute Gasteiger partial charge is 0.478 e. The van der Waals surface area contributed by atoms with Crippen molar-refractivity contribution in [3.8, 4) is 0 Å². The minimum absolute atomic E-state index is 0.116. The predicted octanol–water partition coefficient (Wildman–Crippen LogP) is 2.96. The van der Waals surface area contributed by atoms with Gasteiger partial charge in [-0.2, -0.15) is 0 Å². The molecule has 1 aromatic carbocycles. The molecule has 0 aliphatic carbocycles. The van der Waals surface area contributed by atoms with E-state index in [2.05, 4.69) is 10.3 Å². The quantitative estimate of drug-likeness (QED) is 0.913. The van der Waals surface area contributed by atoms with E-state index in [-0.39, 0.29) is 10.7 Å². The van der Waals surface area contributed by atoms with Crippen LogP contribution in [-0.2, 0) is 0 Å². The van der Waals surface area contributed by atoms with E-state index in [0.717, 1.165) is 0 Å². The number of hydrogen-bond acceptors (Lipinski definition) is 3. The van der Waals surface area contributed by atoms with Crippen molar-refractivity contribution < 1.29 is 23.5 Å². The van der Waals surface area contributed by atoms with Crippen LogP contribution in [0, 0.1) is 11.6 Å². The number of nitrogens with zero attached hydrogens (tertiary/aromatic N) is 1. The van der Waals surface area contributed by atoms with E-state index in [1.807, 2.05) is 0 Å². The average Bonchev–Trinajstić information content (AvgIpc) is 2.43. The summed E-state index contributed by atoms with van der Waals surface area (Å²) < 4.78 is 26.3. The zero-order valence-electron chi connectivity index (χ0n) is 10.2. The van der Waals surface area contributed by atoms with E-state index in [1.165, 1.54) is 18.5 Å². The Bertz CT molecular complexity index is 737. The standard InChI is InChI=1S/C13H7ClF2N2O3/c14-8-1-2-17-5-11(8)18-12(19)6-3-9(15)10(16)4-7(6)13(20)21/h1-5H,(H,18,19)(H,20,21). The van der Waals surface area contributed by atoms with E-state index >= 15 is 0 Å². The fourth-order valence-electron chi connectivity index (χ4n) is 1.57. The Labute approximate surface area is 122 Å². The third kappa shape index (κ3) is 3.14. The molecule has 2 rings (SSSR count). The van der Waals surface area contributed by atoms with Gasteiger partial charge in [-0.1, -0.05) is 11.6 Å². The molecule has 2 N–H and O–H groups in total. The summed E-state index contributed by atoms with van der Waals surface area (Å²) in [7, 11) is 0. The van der Waals surface area contributed by atoms with Gasteiger partial charge >= 0.3 is 5.97 Å². The van der Waals surface area contributed by atoms with E-state index < -0.39 is 34.6 Å². The third-order valence-corrected chi connectivity index (χ3v) is 2.88. The molecule has 1 amide bonds. The summed E-state index contributed by atoms with van der Waals surface area (Å²) >= 11 is 5.81. The van der Waals surface area contributed by atoms with Gasteiger partial charge in [0.15, 0.2) is 11.6 Å². The highest BCUT2D eigenvalue weighted by atomic mass is 35.5. The molecule has 1 aromatic heterocycles. The van der Waals surface area contributed by atoms with Crippen molar-refractivity contribution in [1.29, 1.82) is 0 Å². The van der Waals surface area contributed by atoms with Gasteiger partial charge in [-0.25, -0.2) is 13.6 Å². The van der Waals surface area contributed by atoms with Gasteiger partial charge in [0.2, 0.25) is 0 Å². The van der Waals surface area contributed by atoms with E-state index in [9.17, 15) is 18.4 Å². The van der Waals surface area contributed by atoms with Crippen molar-refractivity contribution in [2.45, 2.75) is 0 Å². The van der Waals surface area contributed by atoms with Crippen LogP contribution in [-0.4, -0.2) is 22.0 Å². The van der Waals surface area contributed by atoms with Gasteiger partial charge in [-0.3, -0.25) is 9.78 Å². The van der Waals surface area contributed by atoms with Crippen LogP contribution in [0.2, 0.25) is 5.02 Å². The molecule has 0 spiro atoms. The summed E-state index contributed by atoms with van der Waals surface area (Å²) in [6, 6.07) is 2.36. The molecule has 21 heavy (non-hydrogen) atoms. The Balaban J connectivity index is 2.42. The Hall–Kier alpha value is -2.54. The maximum atomic E-state index is 13.2. The number of anilines is 1. The lowest BCUT2D eigenvalue weighted by molar-refractivity contribution is 0.0691. The lowest BCUT2D eigenvalue weighted by Gasteiger charge is -2.09. The van der Waals surface area contributed by atoms with Crippen molar-refractivity contribution in [2.24, 2.45) is 0 Å². The molecule has 0 fully saturated rings. The number of nitrogens with one attached hydrogen (secondary N) is 1. The van der Waals surface area contributed by atoms with E-state index in [4.69, 9.17) is 16.7 Å². The first-order valence-electron chi connectivity index (χ1n) is 5.53. The topological polar surface area (TPSA) is 79.3 Å². The van der Waals surface area contributed by atoms with Crippen LogP contribution in [0.3, 0.4) is 0 Å². The lowest BCUT2D eigenvalue weighted by Crippen LogP contribution is -2.17. The molecule has 0 aliphatic rings. The van der Waals surface area contributed by atoms with Crippen LogP contribution in [0.25, 0.3) is 0 Å². The first-order chi connectivity index (χ1) is 9.90. The fraction of sp³-hybridized carbons (Fsp3) is 0. The monoisotopic (exact) mass is 312 g/mol. The van der Waals surface area contributed by atoms with Crippen molar-refractivity contribution >= 4 is 29.2 Å². The zero-order chi connectivity index (χ0) is 15.6. The molecule has 5 nitrogen and oxygen atoms in total. The number of benzene rings is 1. The number of amides is 1. The van der Waals surface area contributed by atoms with Gasteiger partial charge in [0.05, 0.1) is 28.0 Å². The van der Waals surface area contributed by atoms with Crippen molar-refractivity contribution in [3.05, 3.63) is 58.4 Å². The third-order valence-electron chi connectivity index (χ3n) is 2.55. The highest BCUT2D eigenvalue weighted by Crippen LogP contribution is 2.22. The molecular formula is C13H7ClF2N2O3. The van der Waals surface area contributed by atoms with Crippen LogP contribution in [0.15, 0.2) is 30.6 Å². The first kappa shape index (κ1) is 14.9. The summed E-state index contributed by atoms with van der Waals surface area (Å²) in [5.74, 6) is -5.19. The number of carbonyl (C=O) groups excluding carboxylic acids is 1. The molecule has 0 aliphatic heterocycles. The predicted molar refractivity (Wildman–Crippen MR) is 70.5 cm³/mol. The summed E-state index contributed by atoms with van der Waals surface area (Å²) in [6.07, 6.45) is 2.62. The van der Waals surface area contributed by atoms with E-state index in [1.54, 1.807) is 0 Å². The molecule has 108 valence electrons. The van der Waals surface area contributed by atoms with Crippen LogP contribution in [0.4, 0.5) is 14.5 Å². The molecule has 8 heteroatoms. The highest BCUT2D eigenvalue weighted by molar-refractivity contribution is 6.33.